The summed E-state index contributed by atoms with van der Waals surface area (Å²) in [6.07, 6.45) is 0. The highest BCUT2D eigenvalue weighted by Gasteiger charge is 2.35. The van der Waals surface area contributed by atoms with Crippen LogP contribution in [0.25, 0.3) is 111 Å². The van der Waals surface area contributed by atoms with Gasteiger partial charge in [0, 0.05) is 32.9 Å². The van der Waals surface area contributed by atoms with Gasteiger partial charge >= 0.3 is 0 Å². The molecule has 0 N–H and O–H groups in total. The maximum Gasteiger partial charge on any atom is 0.164 e. The van der Waals surface area contributed by atoms with Crippen LogP contribution in [0.4, 0.5) is 0 Å². The zero-order valence-corrected chi connectivity index (χ0v) is 33.1. The molecule has 0 fully saturated rings. The molecule has 0 unspecified atom stereocenters. The van der Waals surface area contributed by atoms with Crippen molar-refractivity contribution < 1.29 is 4.42 Å². The summed E-state index contributed by atoms with van der Waals surface area (Å²) in [4.78, 5) is 15.7. The second kappa shape index (κ2) is 13.2. The number of hydrogen-bond acceptors (Lipinski definition) is 4. The number of fused-ring (bicyclic) bond motifs is 9. The molecule has 4 nitrogen and oxygen atoms in total. The van der Waals surface area contributed by atoms with Gasteiger partial charge in [0.2, 0.25) is 0 Å². The monoisotopic (exact) mass is 767 g/mol. The van der Waals surface area contributed by atoms with Gasteiger partial charge in [-0.25, -0.2) is 15.0 Å². The van der Waals surface area contributed by atoms with Crippen LogP contribution in [0, 0.1) is 0 Å². The van der Waals surface area contributed by atoms with Crippen molar-refractivity contribution in [1.82, 2.24) is 15.0 Å². The Morgan fingerprint density at radius 3 is 1.78 bits per heavy atom. The summed E-state index contributed by atoms with van der Waals surface area (Å²) < 4.78 is 6.84. The van der Waals surface area contributed by atoms with Crippen LogP contribution < -0.4 is 0 Å². The van der Waals surface area contributed by atoms with E-state index >= 15 is 0 Å². The van der Waals surface area contributed by atoms with E-state index in [0.29, 0.717) is 17.5 Å². The molecule has 4 heteroatoms. The maximum atomic E-state index is 6.84. The zero-order chi connectivity index (χ0) is 40.0. The quantitative estimate of drug-likeness (QED) is 0.175. The molecule has 1 aliphatic rings. The Labute approximate surface area is 347 Å². The Hall–Kier alpha value is -7.69. The summed E-state index contributed by atoms with van der Waals surface area (Å²) in [7, 11) is 0. The summed E-state index contributed by atoms with van der Waals surface area (Å²) in [5, 5.41) is 6.55. The molecule has 0 saturated heterocycles. The minimum atomic E-state index is -0.103. The van der Waals surface area contributed by atoms with Gasteiger partial charge in [-0.2, -0.15) is 0 Å². The molecule has 282 valence electrons. The van der Waals surface area contributed by atoms with E-state index in [4.69, 9.17) is 19.4 Å². The van der Waals surface area contributed by atoms with Gasteiger partial charge in [0.05, 0.1) is 0 Å². The third kappa shape index (κ3) is 5.27. The number of furan rings is 1. The Bertz CT molecular complexity index is 3500. The predicted octanol–water partition coefficient (Wildman–Crippen LogP) is 14.7. The van der Waals surface area contributed by atoms with Crippen molar-refractivity contribution in [2.45, 2.75) is 19.3 Å². The van der Waals surface area contributed by atoms with E-state index in [1.54, 1.807) is 0 Å². The molecule has 0 radical (unpaired) electrons. The first kappa shape index (κ1) is 34.4. The lowest BCUT2D eigenvalue weighted by Crippen LogP contribution is -2.14. The lowest BCUT2D eigenvalue weighted by molar-refractivity contribution is 0.660. The minimum absolute atomic E-state index is 0.103. The third-order valence-corrected chi connectivity index (χ3v) is 12.6. The van der Waals surface area contributed by atoms with E-state index in [1.807, 2.05) is 6.07 Å². The molecule has 0 saturated carbocycles. The molecule has 2 aromatic heterocycles. The largest absolute Gasteiger partial charge is 0.456 e. The third-order valence-electron chi connectivity index (χ3n) is 12.6. The average molecular weight is 768 g/mol. The van der Waals surface area contributed by atoms with Crippen LogP contribution in [0.3, 0.4) is 0 Å². The topological polar surface area (TPSA) is 51.8 Å². The van der Waals surface area contributed by atoms with Crippen molar-refractivity contribution in [3.8, 4) is 67.5 Å². The van der Waals surface area contributed by atoms with Crippen molar-refractivity contribution in [3.05, 3.63) is 199 Å². The van der Waals surface area contributed by atoms with E-state index in [0.717, 1.165) is 76.9 Å². The Morgan fingerprint density at radius 2 is 0.933 bits per heavy atom. The molecule has 2 heterocycles. The Morgan fingerprint density at radius 1 is 0.350 bits per heavy atom. The lowest BCUT2D eigenvalue weighted by atomic mass is 9.81. The smallest absolute Gasteiger partial charge is 0.164 e. The molecular formula is C56H37N3O. The molecular weight excluding hydrogens is 731 g/mol. The second-order valence-electron chi connectivity index (χ2n) is 16.3. The molecule has 0 spiro atoms. The van der Waals surface area contributed by atoms with Crippen molar-refractivity contribution >= 4 is 43.5 Å². The van der Waals surface area contributed by atoms with Crippen molar-refractivity contribution in [1.29, 1.82) is 0 Å². The second-order valence-corrected chi connectivity index (χ2v) is 16.3. The van der Waals surface area contributed by atoms with E-state index < -0.39 is 0 Å². The van der Waals surface area contributed by atoms with E-state index in [-0.39, 0.29) is 5.41 Å². The van der Waals surface area contributed by atoms with E-state index in [9.17, 15) is 0 Å². The lowest BCUT2D eigenvalue weighted by Gasteiger charge is -2.22. The van der Waals surface area contributed by atoms with Crippen LogP contribution in [-0.4, -0.2) is 15.0 Å². The SMILES string of the molecule is CC1(C)c2ccccc2-c2ccc(-c3cccc4oc5cc(-c6nc(-c7ccc(-c8ccccc8)cc7)nc(-c7cccc8ccccc78)n6)c6ccccc6c5c34)cc21. The first-order chi connectivity index (χ1) is 29.5. The maximum absolute atomic E-state index is 6.84. The van der Waals surface area contributed by atoms with Gasteiger partial charge in [-0.3, -0.25) is 0 Å². The molecule has 0 amide bonds. The van der Waals surface area contributed by atoms with Gasteiger partial charge in [0.15, 0.2) is 17.5 Å². The number of hydrogen-bond donors (Lipinski definition) is 0. The first-order valence-corrected chi connectivity index (χ1v) is 20.5. The van der Waals surface area contributed by atoms with E-state index in [1.165, 1.54) is 27.8 Å². The normalized spacial score (nSPS) is 13.0. The number of rotatable bonds is 5. The summed E-state index contributed by atoms with van der Waals surface area (Å²) in [6.45, 7) is 4.67. The van der Waals surface area contributed by atoms with Crippen LogP contribution in [0.1, 0.15) is 25.0 Å². The van der Waals surface area contributed by atoms with Crippen molar-refractivity contribution in [2.24, 2.45) is 0 Å². The molecule has 0 aliphatic heterocycles. The van der Waals surface area contributed by atoms with Crippen LogP contribution >= 0.6 is 0 Å². The number of benzene rings is 9. The minimum Gasteiger partial charge on any atom is -0.456 e. The van der Waals surface area contributed by atoms with Gasteiger partial charge in [-0.15, -0.1) is 0 Å². The zero-order valence-electron chi connectivity index (χ0n) is 33.1. The average Bonchev–Trinajstić information content (AvgIpc) is 3.80. The van der Waals surface area contributed by atoms with Gasteiger partial charge in [0.25, 0.3) is 0 Å². The molecule has 12 rings (SSSR count). The van der Waals surface area contributed by atoms with Crippen molar-refractivity contribution in [3.63, 3.8) is 0 Å². The fourth-order valence-corrected chi connectivity index (χ4v) is 9.59. The molecule has 11 aromatic rings. The van der Waals surface area contributed by atoms with Crippen molar-refractivity contribution in [2.75, 3.05) is 0 Å². The van der Waals surface area contributed by atoms with E-state index in [2.05, 4.69) is 196 Å². The standard InChI is InChI=1S/C56H37N3O/c1-56(2)47-24-11-10-20-42(47)43-31-30-38(32-48(43)56)40-22-13-25-49-51(40)52-44-21-9-8-19-41(44)46(33-50(52)60-49)55-58-53(37-28-26-35(27-29-37)34-14-4-3-5-15-34)57-54(59-55)45-23-12-17-36-16-6-7-18-39(36)45/h3-33H,1-2H3. The Kier molecular flexibility index (Phi) is 7.54. The van der Waals surface area contributed by atoms with Crippen LogP contribution in [0.15, 0.2) is 192 Å². The number of nitrogens with zero attached hydrogens (tertiary/aromatic N) is 3. The molecule has 0 atom stereocenters. The molecule has 60 heavy (non-hydrogen) atoms. The summed E-state index contributed by atoms with van der Waals surface area (Å²) in [5.74, 6) is 1.83. The summed E-state index contributed by atoms with van der Waals surface area (Å²) in [6, 6.07) is 66.5. The summed E-state index contributed by atoms with van der Waals surface area (Å²) in [5.41, 5.74) is 14.3. The van der Waals surface area contributed by atoms with Crippen LogP contribution in [0.2, 0.25) is 0 Å². The highest BCUT2D eigenvalue weighted by Crippen LogP contribution is 2.51. The molecule has 9 aromatic carbocycles. The van der Waals surface area contributed by atoms with Crippen LogP contribution in [-0.2, 0) is 5.41 Å². The van der Waals surface area contributed by atoms with Gasteiger partial charge in [-0.05, 0) is 84.3 Å². The fraction of sp³-hybridized carbons (Fsp3) is 0.0536. The highest BCUT2D eigenvalue weighted by molar-refractivity contribution is 6.25. The van der Waals surface area contributed by atoms with Gasteiger partial charge in [-0.1, -0.05) is 184 Å². The fourth-order valence-electron chi connectivity index (χ4n) is 9.59. The van der Waals surface area contributed by atoms with Gasteiger partial charge < -0.3 is 4.42 Å². The first-order valence-electron chi connectivity index (χ1n) is 20.5. The predicted molar refractivity (Wildman–Crippen MR) is 247 cm³/mol. The highest BCUT2D eigenvalue weighted by atomic mass is 16.3. The Balaban J connectivity index is 1.07. The number of aromatic nitrogens is 3. The molecule has 1 aliphatic carbocycles. The van der Waals surface area contributed by atoms with Crippen LogP contribution in [0.5, 0.6) is 0 Å². The summed E-state index contributed by atoms with van der Waals surface area (Å²) >= 11 is 0. The molecule has 0 bridgehead atoms. The van der Waals surface area contributed by atoms with Gasteiger partial charge in [0.1, 0.15) is 11.2 Å².